The minimum absolute atomic E-state index is 0.162. The average Bonchev–Trinajstić information content (AvgIpc) is 3.31. The average molecular weight is 425 g/mol. The Morgan fingerprint density at radius 2 is 2.03 bits per heavy atom. The van der Waals surface area contributed by atoms with Crippen LogP contribution in [0.15, 0.2) is 36.4 Å². The van der Waals surface area contributed by atoms with Gasteiger partial charge in [0.05, 0.1) is 12.2 Å². The van der Waals surface area contributed by atoms with Crippen molar-refractivity contribution in [2.45, 2.75) is 33.3 Å². The molecule has 0 fully saturated rings. The van der Waals surface area contributed by atoms with Gasteiger partial charge >= 0.3 is 0 Å². The second kappa shape index (κ2) is 9.20. The first-order chi connectivity index (χ1) is 15.0. The molecule has 5 nitrogen and oxygen atoms in total. The van der Waals surface area contributed by atoms with Gasteiger partial charge in [0.25, 0.3) is 5.91 Å². The number of rotatable bonds is 8. The van der Waals surface area contributed by atoms with Crippen LogP contribution in [-0.2, 0) is 22.6 Å². The molecule has 0 saturated heterocycles. The predicted molar refractivity (Wildman–Crippen MR) is 120 cm³/mol. The van der Waals surface area contributed by atoms with Crippen molar-refractivity contribution in [3.05, 3.63) is 64.5 Å². The largest absolute Gasteiger partial charge is 0.487 e. The van der Waals surface area contributed by atoms with E-state index in [1.54, 1.807) is 6.07 Å². The second-order valence-corrected chi connectivity index (χ2v) is 8.42. The monoisotopic (exact) mass is 424 g/mol. The third kappa shape index (κ3) is 4.50. The Morgan fingerprint density at radius 1 is 1.19 bits per heavy atom. The third-order valence-electron chi connectivity index (χ3n) is 6.14. The standard InChI is InChI=1S/C25H29FN2O3/c1-3-16(2)14-28(10-11-29)9-8-17-4-6-20-18(12-17)15-31-24(20)23-21-13-19(26)5-7-22(21)27-25(23)30/h4-7,12-13,16,29H,3,8-11,14-15H2,1-2H3,(H,27,30). The number of carbonyl (C=O) groups excluding carboxylic acids is 1. The molecule has 6 heteroatoms. The number of aliphatic hydroxyl groups excluding tert-OH is 1. The van der Waals surface area contributed by atoms with Crippen molar-refractivity contribution in [2.24, 2.45) is 5.92 Å². The van der Waals surface area contributed by atoms with Gasteiger partial charge in [0.2, 0.25) is 0 Å². The van der Waals surface area contributed by atoms with E-state index in [1.165, 1.54) is 17.7 Å². The number of aliphatic hydroxyl groups is 1. The van der Waals surface area contributed by atoms with Crippen LogP contribution >= 0.6 is 0 Å². The molecule has 0 spiro atoms. The number of hydrogen-bond donors (Lipinski definition) is 2. The fourth-order valence-electron chi connectivity index (χ4n) is 4.24. The second-order valence-electron chi connectivity index (χ2n) is 8.42. The Hall–Kier alpha value is -2.70. The number of nitrogens with one attached hydrogen (secondary N) is 1. The summed E-state index contributed by atoms with van der Waals surface area (Å²) in [5.74, 6) is 0.463. The first kappa shape index (κ1) is 21.5. The highest BCUT2D eigenvalue weighted by Crippen LogP contribution is 2.41. The zero-order valence-electron chi connectivity index (χ0n) is 18.1. The van der Waals surface area contributed by atoms with Crippen LogP contribution in [0, 0.1) is 11.7 Å². The van der Waals surface area contributed by atoms with Crippen LogP contribution in [0.5, 0.6) is 0 Å². The Balaban J connectivity index is 1.55. The number of amides is 1. The molecule has 2 heterocycles. The number of nitrogens with zero attached hydrogens (tertiary/aromatic N) is 1. The van der Waals surface area contributed by atoms with Gasteiger partial charge < -0.3 is 20.1 Å². The highest BCUT2D eigenvalue weighted by molar-refractivity contribution is 6.36. The van der Waals surface area contributed by atoms with Crippen molar-refractivity contribution in [1.82, 2.24) is 4.90 Å². The van der Waals surface area contributed by atoms with Crippen molar-refractivity contribution < 1.29 is 19.0 Å². The highest BCUT2D eigenvalue weighted by atomic mass is 19.1. The molecule has 4 rings (SSSR count). The van der Waals surface area contributed by atoms with Gasteiger partial charge in [-0.05, 0) is 36.1 Å². The lowest BCUT2D eigenvalue weighted by molar-refractivity contribution is -0.110. The van der Waals surface area contributed by atoms with Crippen molar-refractivity contribution >= 4 is 22.9 Å². The zero-order chi connectivity index (χ0) is 22.0. The van der Waals surface area contributed by atoms with Crippen molar-refractivity contribution in [1.29, 1.82) is 0 Å². The molecular weight excluding hydrogens is 395 g/mol. The van der Waals surface area contributed by atoms with Gasteiger partial charge in [-0.1, -0.05) is 38.5 Å². The molecule has 2 aliphatic heterocycles. The molecule has 164 valence electrons. The number of hydrogen-bond acceptors (Lipinski definition) is 4. The van der Waals surface area contributed by atoms with E-state index in [2.05, 4.69) is 36.2 Å². The van der Waals surface area contributed by atoms with Crippen LogP contribution in [0.25, 0.3) is 11.3 Å². The molecule has 1 unspecified atom stereocenters. The van der Waals surface area contributed by atoms with Gasteiger partial charge in [0.1, 0.15) is 18.2 Å². The van der Waals surface area contributed by atoms with Gasteiger partial charge in [0, 0.05) is 42.0 Å². The molecule has 1 atom stereocenters. The molecule has 31 heavy (non-hydrogen) atoms. The van der Waals surface area contributed by atoms with Crippen molar-refractivity contribution in [3.63, 3.8) is 0 Å². The Kier molecular flexibility index (Phi) is 6.39. The first-order valence-electron chi connectivity index (χ1n) is 10.9. The maximum atomic E-state index is 13.8. The number of carbonyl (C=O) groups is 1. The molecule has 0 aliphatic carbocycles. The first-order valence-corrected chi connectivity index (χ1v) is 10.9. The minimum atomic E-state index is -0.383. The van der Waals surface area contributed by atoms with Gasteiger partial charge in [-0.15, -0.1) is 0 Å². The summed E-state index contributed by atoms with van der Waals surface area (Å²) in [5.41, 5.74) is 4.66. The van der Waals surface area contributed by atoms with Crippen molar-refractivity contribution in [2.75, 3.05) is 31.6 Å². The molecule has 0 radical (unpaired) electrons. The number of halogens is 1. The van der Waals surface area contributed by atoms with Gasteiger partial charge in [-0.25, -0.2) is 4.39 Å². The SMILES string of the molecule is CCC(C)CN(CCO)CCc1ccc2c(c1)COC2=C1C(=O)Nc2ccc(F)cc21. The molecule has 2 aliphatic rings. The normalized spacial score (nSPS) is 18.0. The summed E-state index contributed by atoms with van der Waals surface area (Å²) in [5, 5.41) is 12.2. The lowest BCUT2D eigenvalue weighted by atomic mass is 9.98. The van der Waals surface area contributed by atoms with Gasteiger partial charge in [0.15, 0.2) is 0 Å². The topological polar surface area (TPSA) is 61.8 Å². The van der Waals surface area contributed by atoms with E-state index in [-0.39, 0.29) is 18.3 Å². The smallest absolute Gasteiger partial charge is 0.260 e. The maximum Gasteiger partial charge on any atom is 0.260 e. The number of anilines is 1. The molecule has 2 N–H and O–H groups in total. The van der Waals surface area contributed by atoms with Gasteiger partial charge in [-0.2, -0.15) is 0 Å². The highest BCUT2D eigenvalue weighted by Gasteiger charge is 2.32. The fraction of sp³-hybridized carbons (Fsp3) is 0.400. The minimum Gasteiger partial charge on any atom is -0.487 e. The van der Waals surface area contributed by atoms with E-state index in [9.17, 15) is 14.3 Å². The molecule has 0 saturated carbocycles. The predicted octanol–water partition coefficient (Wildman–Crippen LogP) is 4.06. The number of benzene rings is 2. The van der Waals surface area contributed by atoms with Crippen LogP contribution < -0.4 is 5.32 Å². The summed E-state index contributed by atoms with van der Waals surface area (Å²) in [4.78, 5) is 14.9. The van der Waals surface area contributed by atoms with Crippen LogP contribution in [-0.4, -0.2) is 42.2 Å². The summed E-state index contributed by atoms with van der Waals surface area (Å²) < 4.78 is 19.7. The van der Waals surface area contributed by atoms with E-state index in [1.807, 2.05) is 6.07 Å². The van der Waals surface area contributed by atoms with Crippen molar-refractivity contribution in [3.8, 4) is 0 Å². The lowest BCUT2D eigenvalue weighted by Gasteiger charge is -2.24. The van der Waals surface area contributed by atoms with Crippen LogP contribution in [0.2, 0.25) is 0 Å². The molecule has 1 amide bonds. The summed E-state index contributed by atoms with van der Waals surface area (Å²) in [6.07, 6.45) is 2.00. The van der Waals surface area contributed by atoms with Crippen LogP contribution in [0.3, 0.4) is 0 Å². The fourth-order valence-corrected chi connectivity index (χ4v) is 4.24. The quantitative estimate of drug-likeness (QED) is 0.628. The van der Waals surface area contributed by atoms with E-state index < -0.39 is 0 Å². The Labute approximate surface area is 182 Å². The number of fused-ring (bicyclic) bond motifs is 2. The number of ether oxygens (including phenoxy) is 1. The molecular formula is C25H29FN2O3. The van der Waals surface area contributed by atoms with Gasteiger partial charge in [-0.3, -0.25) is 4.79 Å². The Morgan fingerprint density at radius 3 is 2.81 bits per heavy atom. The zero-order valence-corrected chi connectivity index (χ0v) is 18.1. The molecule has 2 aromatic rings. The summed E-state index contributed by atoms with van der Waals surface area (Å²) in [7, 11) is 0. The molecule has 0 aromatic heterocycles. The molecule has 0 bridgehead atoms. The van der Waals surface area contributed by atoms with E-state index in [0.717, 1.165) is 37.1 Å². The molecule has 2 aromatic carbocycles. The van der Waals surface area contributed by atoms with Crippen LogP contribution in [0.4, 0.5) is 10.1 Å². The van der Waals surface area contributed by atoms with E-state index in [4.69, 9.17) is 4.74 Å². The maximum absolute atomic E-state index is 13.8. The summed E-state index contributed by atoms with van der Waals surface area (Å²) >= 11 is 0. The third-order valence-corrected chi connectivity index (χ3v) is 6.14. The van der Waals surface area contributed by atoms with E-state index >= 15 is 0 Å². The lowest BCUT2D eigenvalue weighted by Crippen LogP contribution is -2.33. The summed E-state index contributed by atoms with van der Waals surface area (Å²) in [6.45, 7) is 7.52. The van der Waals surface area contributed by atoms with E-state index in [0.29, 0.717) is 41.7 Å². The Bertz CT molecular complexity index is 1020. The summed E-state index contributed by atoms with van der Waals surface area (Å²) in [6, 6.07) is 10.5. The van der Waals surface area contributed by atoms with Crippen LogP contribution in [0.1, 0.15) is 42.5 Å².